The van der Waals surface area contributed by atoms with E-state index >= 15 is 0 Å². The van der Waals surface area contributed by atoms with Crippen LogP contribution in [0.4, 0.5) is 0 Å². The van der Waals surface area contributed by atoms with Gasteiger partial charge in [-0.15, -0.1) is 0 Å². The van der Waals surface area contributed by atoms with Gasteiger partial charge in [0.25, 0.3) is 6.47 Å². The zero-order valence-electron chi connectivity index (χ0n) is 79.1. The Hall–Kier alpha value is -9.89. The van der Waals surface area contributed by atoms with Crippen LogP contribution in [0.3, 0.4) is 0 Å². The minimum Gasteiger partial charge on any atom is -1.00 e. The number of aromatic amines is 1. The molecule has 47 heteroatoms. The number of nitrogens with one attached hydrogen (secondary N) is 1. The van der Waals surface area contributed by atoms with E-state index in [4.69, 9.17) is 136 Å². The second kappa shape index (κ2) is 97.3. The average Bonchev–Trinajstić information content (AvgIpc) is 0.865. The molecule has 0 saturated heterocycles. The first-order valence-corrected chi connectivity index (χ1v) is 40.8. The van der Waals surface area contributed by atoms with Gasteiger partial charge in [0.15, 0.2) is 64.9 Å². The molecule has 10 aromatic rings. The number of hydrogen-bond acceptors (Lipinski definition) is 42. The fourth-order valence-corrected chi connectivity index (χ4v) is 8.39. The summed E-state index contributed by atoms with van der Waals surface area (Å²) in [5.41, 5.74) is 3.13. The summed E-state index contributed by atoms with van der Waals surface area (Å²) in [4.78, 5) is 94.6. The Morgan fingerprint density at radius 3 is 1.09 bits per heavy atom. The molecule has 0 radical (unpaired) electrons. The van der Waals surface area contributed by atoms with Crippen LogP contribution in [-0.4, -0.2) is 290 Å². The van der Waals surface area contributed by atoms with Crippen LogP contribution < -0.4 is 170 Å². The van der Waals surface area contributed by atoms with Crippen LogP contribution in [0.2, 0.25) is 0 Å². The number of ether oxygens (including phenoxy) is 24. The van der Waals surface area contributed by atoms with E-state index in [0.29, 0.717) is 180 Å². The number of aromatic hydroxyl groups is 3. The van der Waals surface area contributed by atoms with E-state index in [1.54, 1.807) is 125 Å². The number of pyridine rings is 8. The van der Waals surface area contributed by atoms with E-state index in [0.717, 1.165) is 23.1 Å². The first-order chi connectivity index (χ1) is 65.3. The summed E-state index contributed by atoms with van der Waals surface area (Å²) in [7, 11) is 18.8. The SMILES string of the molecule is C.C.COCCBr.COCCOc1cc(C=O)c(O)cn1.COCCOc1cc(C=O)c(OCOC)cn1.COCCOc1ccc(OCOC)cn1.COCCOc1ncc(O)cc1C=O.COCCOc1ncc(OCOC)cc1C=O.COCCl.COCOc1ccc(=O)[nH]c1.COCOc1ccc(OCc2ccccc2)nc1.O=CO[O-].Oc1ccc(OCc2ccccc2)nc1.[H-].[K+].[K+]. The van der Waals surface area contributed by atoms with Crippen LogP contribution in [0.25, 0.3) is 0 Å². The van der Waals surface area contributed by atoms with Crippen LogP contribution in [0, 0.1) is 0 Å². The molecule has 0 amide bonds. The van der Waals surface area contributed by atoms with Crippen molar-refractivity contribution in [2.75, 3.05) is 203 Å². The van der Waals surface area contributed by atoms with E-state index in [1.165, 1.54) is 82.8 Å². The zero-order valence-corrected chi connectivity index (χ0v) is 86.7. The fraction of sp³-hybridized carbons (Fsp3) is 0.374. The minimum absolute atomic E-state index is 0. The van der Waals surface area contributed by atoms with Gasteiger partial charge < -0.3 is 146 Å². The molecule has 0 unspecified atom stereocenters. The van der Waals surface area contributed by atoms with Crippen molar-refractivity contribution in [3.8, 4) is 87.2 Å². The topological polar surface area (TPSA) is 523 Å². The van der Waals surface area contributed by atoms with Crippen molar-refractivity contribution < 1.29 is 267 Å². The van der Waals surface area contributed by atoms with Gasteiger partial charge in [-0.2, -0.15) is 0 Å². The average molecular weight is 2080 g/mol. The molecule has 138 heavy (non-hydrogen) atoms. The predicted molar refractivity (Wildman–Crippen MR) is 499 cm³/mol. The quantitative estimate of drug-likeness (QED) is 0.00724. The second-order valence-corrected chi connectivity index (χ2v) is 25.0. The summed E-state index contributed by atoms with van der Waals surface area (Å²) < 4.78 is 120. The molecule has 0 aliphatic rings. The zero-order chi connectivity index (χ0) is 98.9. The van der Waals surface area contributed by atoms with Gasteiger partial charge >= 0.3 is 103 Å². The van der Waals surface area contributed by atoms with Crippen molar-refractivity contribution in [3.63, 3.8) is 0 Å². The molecule has 2 aromatic carbocycles. The summed E-state index contributed by atoms with van der Waals surface area (Å²) in [5, 5.41) is 36.6. The predicted octanol–water partition coefficient (Wildman–Crippen LogP) is 5.19. The molecule has 8 heterocycles. The molecular weight excluding hydrogens is 1960 g/mol. The fourth-order valence-electron chi connectivity index (χ4n) is 8.06. The third-order valence-corrected chi connectivity index (χ3v) is 14.7. The summed E-state index contributed by atoms with van der Waals surface area (Å²) in [6.07, 6.45) is 13.8. The maximum atomic E-state index is 10.8. The molecule has 0 aliphatic carbocycles. The summed E-state index contributed by atoms with van der Waals surface area (Å²) in [6.45, 7) is 6.56. The van der Waals surface area contributed by atoms with Crippen LogP contribution in [0.15, 0.2) is 188 Å². The number of alkyl halides is 2. The van der Waals surface area contributed by atoms with Crippen molar-refractivity contribution in [2.24, 2.45) is 0 Å². The van der Waals surface area contributed by atoms with E-state index in [1.807, 2.05) is 60.7 Å². The molecule has 4 N–H and O–H groups in total. The molecule has 0 aliphatic heterocycles. The molecule has 0 bridgehead atoms. The Kier molecular flexibility index (Phi) is 96.3. The molecule has 754 valence electrons. The van der Waals surface area contributed by atoms with E-state index in [-0.39, 0.29) is 205 Å². The Bertz CT molecular complexity index is 4600. The Balaban J connectivity index is -0.000000356. The van der Waals surface area contributed by atoms with E-state index < -0.39 is 0 Å². The van der Waals surface area contributed by atoms with Gasteiger partial charge in [0.05, 0.1) is 105 Å². The first-order valence-electron chi connectivity index (χ1n) is 39.1. The molecular formula is C91H124BrClK2N8O35. The third kappa shape index (κ3) is 72.4. The molecule has 0 spiro atoms. The van der Waals surface area contributed by atoms with Crippen molar-refractivity contribution >= 4 is 59.1 Å². The number of aromatic nitrogens is 8. The van der Waals surface area contributed by atoms with Gasteiger partial charge in [0.1, 0.15) is 92.6 Å². The third-order valence-electron chi connectivity index (χ3n) is 14.1. The largest absolute Gasteiger partial charge is 1.00 e. The molecule has 8 aromatic heterocycles. The number of methoxy groups -OCH3 is 12. The molecule has 43 nitrogen and oxygen atoms in total. The van der Waals surface area contributed by atoms with Crippen LogP contribution in [0.5, 0.6) is 87.2 Å². The molecule has 0 saturated carbocycles. The van der Waals surface area contributed by atoms with Crippen molar-refractivity contribution in [1.82, 2.24) is 39.9 Å². The Morgan fingerprint density at radius 1 is 0.355 bits per heavy atom. The summed E-state index contributed by atoms with van der Waals surface area (Å²) >= 11 is 8.15. The van der Waals surface area contributed by atoms with Crippen molar-refractivity contribution in [1.29, 1.82) is 0 Å². The first kappa shape index (κ1) is 137. The Morgan fingerprint density at radius 2 is 0.710 bits per heavy atom. The van der Waals surface area contributed by atoms with Gasteiger partial charge in [0.2, 0.25) is 46.7 Å². The van der Waals surface area contributed by atoms with Crippen molar-refractivity contribution in [2.45, 2.75) is 28.1 Å². The number of halogens is 2. The minimum atomic E-state index is -0.181. The van der Waals surface area contributed by atoms with Crippen molar-refractivity contribution in [3.05, 3.63) is 227 Å². The normalized spacial score (nSPS) is 9.36. The number of hydrogen-bond donors (Lipinski definition) is 4. The summed E-state index contributed by atoms with van der Waals surface area (Å²) in [5.74, 6) is 5.39. The van der Waals surface area contributed by atoms with Gasteiger partial charge in [-0.05, 0) is 47.5 Å². The monoisotopic (exact) mass is 2080 g/mol. The van der Waals surface area contributed by atoms with Gasteiger partial charge in [-0.1, -0.05) is 103 Å². The maximum absolute atomic E-state index is 10.8. The van der Waals surface area contributed by atoms with Gasteiger partial charge in [-0.3, -0.25) is 28.8 Å². The number of aldehydes is 4. The number of carbonyl (C=O) groups is 5. The number of nitrogens with zero attached hydrogens (tertiary/aromatic N) is 7. The number of benzene rings is 2. The summed E-state index contributed by atoms with van der Waals surface area (Å²) in [6, 6.07) is 39.1. The van der Waals surface area contributed by atoms with E-state index in [9.17, 15) is 24.0 Å². The molecule has 0 fully saturated rings. The molecule has 10 rings (SSSR count). The Labute approximate surface area is 902 Å². The van der Waals surface area contributed by atoms with Gasteiger partial charge in [-0.25, -0.2) is 34.9 Å². The standard InChI is InChI=1S/C14H15NO3.C12H11NO2.2C11H15NO5.C10H15NO4.2C9H11NO4.C7H9NO3.C3H7BrO.C2H5ClO.CH2O3.2CH4.2K.H/c1-16-11-18-13-7-8-14(15-9-13)17-10-12-5-3-2-4-6-12;14-11-6-7-12(13-8-11)15-9-10-4-2-1-3-5-10;1-14-3-4-16-11-5-9(7-13)10(6-12-11)17-8-15-2;1-14-3-4-16-11-9(7-13)5-10(6-12-11)17-8-15-2;1-12-5-6-14-10-4-3-9(7-11-10)15-8-13-2;1-13-2-3-14-9-4-7(6-11)8(12)5-10-9;1-13-2-3-14-9-7(6-11)4-8(12)5-10-9;1-10-5-11-6-2-3-7(9)8-4-6;1-5-3-2-4;1-4-2-3;2-1-4-3;;;;;/h2-9H,10-11H2,1H3;1-8,14H,9H2;2*5-7H,3-4,8H2,1-2H3;3-4,7H,5-6,8H2,1-2H3;2*4-6,12H,2-3H2,1H3;2-4H,5H2,1H3,(H,8,9);2-3H2,1H3;2H2,1H3;1,3H;2*1H4;;;/q;;;;;;;;;;;;;2*+1;-1/p-1. The number of carbonyl (C=O) groups excluding carboxylic acids is 5. The van der Waals surface area contributed by atoms with E-state index in [2.05, 4.69) is 74.9 Å². The maximum Gasteiger partial charge on any atom is 1.00 e. The van der Waals surface area contributed by atoms with Crippen LogP contribution in [0.1, 0.15) is 68.8 Å². The van der Waals surface area contributed by atoms with Gasteiger partial charge in [0, 0.05) is 133 Å². The molecule has 0 atom stereocenters. The second-order valence-electron chi connectivity index (χ2n) is 24.0. The smallest absolute Gasteiger partial charge is 1.00 e. The van der Waals surface area contributed by atoms with Crippen LogP contribution in [-0.2, 0) is 79.7 Å². The number of rotatable bonds is 49. The number of H-pyrrole nitrogens is 1. The van der Waals surface area contributed by atoms with Crippen LogP contribution >= 0.6 is 27.5 Å².